The van der Waals surface area contributed by atoms with Gasteiger partial charge in [-0.15, -0.1) is 0 Å². The second-order valence-corrected chi connectivity index (χ2v) is 6.76. The maximum atomic E-state index is 11.9. The molecule has 0 saturated carbocycles. The average molecular weight is 339 g/mol. The van der Waals surface area contributed by atoms with Gasteiger partial charge in [0.2, 0.25) is 0 Å². The van der Waals surface area contributed by atoms with E-state index >= 15 is 0 Å². The minimum Gasteiger partial charge on any atom is -0.460 e. The SMILES string of the molecule is CCCC[NH+](CC#CC[C@@H]1C[C@@H](COCCC)OC1=O)CCCC. The molecule has 0 bridgehead atoms. The summed E-state index contributed by atoms with van der Waals surface area (Å²) >= 11 is 0. The van der Waals surface area contributed by atoms with E-state index in [0.717, 1.165) is 26.0 Å². The molecule has 1 N–H and O–H groups in total. The second kappa shape index (κ2) is 13.3. The van der Waals surface area contributed by atoms with Gasteiger partial charge >= 0.3 is 5.97 Å². The molecular weight excluding hydrogens is 302 g/mol. The lowest BCUT2D eigenvalue weighted by Crippen LogP contribution is -3.12. The highest BCUT2D eigenvalue weighted by Gasteiger charge is 2.33. The number of cyclic esters (lactones) is 1. The number of esters is 1. The minimum absolute atomic E-state index is 0.0672. The normalized spacial score (nSPS) is 20.1. The third-order valence-corrected chi connectivity index (χ3v) is 4.40. The molecule has 0 amide bonds. The van der Waals surface area contributed by atoms with Crippen molar-refractivity contribution in [2.24, 2.45) is 5.92 Å². The minimum atomic E-state index is -0.101. The van der Waals surface area contributed by atoms with Gasteiger partial charge in [-0.05, 0) is 25.2 Å². The van der Waals surface area contributed by atoms with Crippen molar-refractivity contribution in [1.82, 2.24) is 0 Å². The number of carbonyl (C=O) groups excluding carboxylic acids is 1. The lowest BCUT2D eigenvalue weighted by Gasteiger charge is -2.16. The molecule has 2 atom stereocenters. The third kappa shape index (κ3) is 8.70. The summed E-state index contributed by atoms with van der Waals surface area (Å²) in [6, 6.07) is 0. The summed E-state index contributed by atoms with van der Waals surface area (Å²) in [6.45, 7) is 11.1. The van der Waals surface area contributed by atoms with Crippen molar-refractivity contribution < 1.29 is 19.2 Å². The van der Waals surface area contributed by atoms with Gasteiger partial charge in [0, 0.05) is 19.4 Å². The van der Waals surface area contributed by atoms with Gasteiger partial charge in [0.25, 0.3) is 0 Å². The van der Waals surface area contributed by atoms with Crippen LogP contribution in [0.15, 0.2) is 0 Å². The second-order valence-electron chi connectivity index (χ2n) is 6.76. The van der Waals surface area contributed by atoms with E-state index < -0.39 is 0 Å². The number of ether oxygens (including phenoxy) is 2. The topological polar surface area (TPSA) is 40.0 Å². The molecule has 0 radical (unpaired) electrons. The molecule has 4 heteroatoms. The van der Waals surface area contributed by atoms with Crippen LogP contribution in [0.1, 0.15) is 65.7 Å². The summed E-state index contributed by atoms with van der Waals surface area (Å²) < 4.78 is 10.8. The largest absolute Gasteiger partial charge is 0.460 e. The quantitative estimate of drug-likeness (QED) is 0.337. The Balaban J connectivity index is 2.31. The first kappa shape index (κ1) is 21.0. The van der Waals surface area contributed by atoms with Crippen molar-refractivity contribution in [3.05, 3.63) is 0 Å². The maximum Gasteiger partial charge on any atom is 0.310 e. The molecule has 24 heavy (non-hydrogen) atoms. The summed E-state index contributed by atoms with van der Waals surface area (Å²) in [5.74, 6) is 6.34. The first-order valence-corrected chi connectivity index (χ1v) is 9.78. The monoisotopic (exact) mass is 338 g/mol. The van der Waals surface area contributed by atoms with Crippen LogP contribution in [0.3, 0.4) is 0 Å². The van der Waals surface area contributed by atoms with Crippen LogP contribution < -0.4 is 4.90 Å². The molecule has 1 rings (SSSR count). The van der Waals surface area contributed by atoms with Gasteiger partial charge in [-0.2, -0.15) is 0 Å². The van der Waals surface area contributed by atoms with E-state index in [1.807, 2.05) is 0 Å². The number of unbranched alkanes of at least 4 members (excludes halogenated alkanes) is 2. The summed E-state index contributed by atoms with van der Waals surface area (Å²) in [7, 11) is 0. The fourth-order valence-corrected chi connectivity index (χ4v) is 2.89. The highest BCUT2D eigenvalue weighted by Crippen LogP contribution is 2.23. The van der Waals surface area contributed by atoms with Crippen LogP contribution in [-0.4, -0.2) is 44.9 Å². The molecule has 1 aliphatic heterocycles. The van der Waals surface area contributed by atoms with E-state index in [-0.39, 0.29) is 18.0 Å². The number of rotatable bonds is 12. The van der Waals surface area contributed by atoms with Crippen LogP contribution in [0.4, 0.5) is 0 Å². The van der Waals surface area contributed by atoms with Crippen molar-refractivity contribution in [1.29, 1.82) is 0 Å². The molecule has 0 aromatic rings. The van der Waals surface area contributed by atoms with Crippen LogP contribution in [0.2, 0.25) is 0 Å². The number of hydrogen-bond acceptors (Lipinski definition) is 3. The fraction of sp³-hybridized carbons (Fsp3) is 0.850. The lowest BCUT2D eigenvalue weighted by molar-refractivity contribution is -0.893. The van der Waals surface area contributed by atoms with Crippen LogP contribution in [0.5, 0.6) is 0 Å². The lowest BCUT2D eigenvalue weighted by atomic mass is 10.0. The molecule has 1 heterocycles. The van der Waals surface area contributed by atoms with Gasteiger partial charge in [-0.1, -0.05) is 39.5 Å². The number of quaternary nitrogens is 1. The smallest absolute Gasteiger partial charge is 0.310 e. The van der Waals surface area contributed by atoms with E-state index in [1.54, 1.807) is 4.90 Å². The van der Waals surface area contributed by atoms with E-state index in [1.165, 1.54) is 38.8 Å². The Labute approximate surface area is 148 Å². The van der Waals surface area contributed by atoms with Gasteiger partial charge in [0.1, 0.15) is 12.6 Å². The molecule has 1 saturated heterocycles. The molecule has 138 valence electrons. The Kier molecular flexibility index (Phi) is 11.6. The van der Waals surface area contributed by atoms with Crippen LogP contribution in [0.25, 0.3) is 0 Å². The molecule has 1 fully saturated rings. The first-order chi connectivity index (χ1) is 11.7. The van der Waals surface area contributed by atoms with Gasteiger partial charge in [0.15, 0.2) is 0 Å². The molecule has 0 unspecified atom stereocenters. The fourth-order valence-electron chi connectivity index (χ4n) is 2.89. The standard InChI is InChI=1S/C20H35NO3/c1-4-7-12-21(13-8-5-2)14-10-9-11-18-16-19(24-20(18)22)17-23-15-6-3/h18-19H,4-8,11-17H2,1-3H3/p+1/t18-,19+/m1/s1. The Hall–Kier alpha value is -1.05. The van der Waals surface area contributed by atoms with E-state index in [4.69, 9.17) is 9.47 Å². The molecule has 0 aliphatic carbocycles. The maximum absolute atomic E-state index is 11.9. The van der Waals surface area contributed by atoms with Crippen molar-refractivity contribution in [3.63, 3.8) is 0 Å². The van der Waals surface area contributed by atoms with Gasteiger partial charge in [-0.3, -0.25) is 4.79 Å². The Morgan fingerprint density at radius 2 is 1.83 bits per heavy atom. The van der Waals surface area contributed by atoms with E-state index in [2.05, 4.69) is 32.6 Å². The van der Waals surface area contributed by atoms with Crippen molar-refractivity contribution in [3.8, 4) is 11.8 Å². The Bertz CT molecular complexity index is 391. The van der Waals surface area contributed by atoms with E-state index in [9.17, 15) is 4.79 Å². The Morgan fingerprint density at radius 1 is 1.12 bits per heavy atom. The van der Waals surface area contributed by atoms with Gasteiger partial charge < -0.3 is 14.4 Å². The van der Waals surface area contributed by atoms with Crippen molar-refractivity contribution in [2.45, 2.75) is 71.8 Å². The van der Waals surface area contributed by atoms with Gasteiger partial charge in [0.05, 0.1) is 25.6 Å². The summed E-state index contributed by atoms with van der Waals surface area (Å²) in [5.41, 5.74) is 0. The third-order valence-electron chi connectivity index (χ3n) is 4.40. The molecule has 0 aromatic carbocycles. The average Bonchev–Trinajstić information content (AvgIpc) is 2.93. The summed E-state index contributed by atoms with van der Waals surface area (Å²) in [4.78, 5) is 13.5. The van der Waals surface area contributed by atoms with Gasteiger partial charge in [-0.25, -0.2) is 0 Å². The molecule has 0 aromatic heterocycles. The molecular formula is C20H36NO3+. The molecule has 4 nitrogen and oxygen atoms in total. The Morgan fingerprint density at radius 3 is 2.46 bits per heavy atom. The zero-order valence-electron chi connectivity index (χ0n) is 15.9. The van der Waals surface area contributed by atoms with Crippen LogP contribution >= 0.6 is 0 Å². The summed E-state index contributed by atoms with van der Waals surface area (Å²) in [6.07, 6.45) is 7.27. The zero-order chi connectivity index (χ0) is 17.6. The predicted octanol–water partition coefficient (Wildman–Crippen LogP) is 2.22. The number of hydrogen-bond donors (Lipinski definition) is 1. The van der Waals surface area contributed by atoms with Crippen molar-refractivity contribution in [2.75, 3.05) is 32.8 Å². The summed E-state index contributed by atoms with van der Waals surface area (Å²) in [5, 5.41) is 0. The number of nitrogens with one attached hydrogen (secondary N) is 1. The van der Waals surface area contributed by atoms with Crippen LogP contribution in [0, 0.1) is 17.8 Å². The molecule has 0 spiro atoms. The van der Waals surface area contributed by atoms with Crippen LogP contribution in [-0.2, 0) is 14.3 Å². The zero-order valence-corrected chi connectivity index (χ0v) is 15.9. The highest BCUT2D eigenvalue weighted by atomic mass is 16.6. The van der Waals surface area contributed by atoms with Crippen molar-refractivity contribution >= 4 is 5.97 Å². The molecule has 1 aliphatic rings. The predicted molar refractivity (Wildman–Crippen MR) is 96.9 cm³/mol. The first-order valence-electron chi connectivity index (χ1n) is 9.78. The number of carbonyl (C=O) groups is 1. The van der Waals surface area contributed by atoms with E-state index in [0.29, 0.717) is 13.0 Å². The highest BCUT2D eigenvalue weighted by molar-refractivity contribution is 5.75.